The van der Waals surface area contributed by atoms with Gasteiger partial charge in [-0.15, -0.1) is 0 Å². The van der Waals surface area contributed by atoms with Gasteiger partial charge in [-0.1, -0.05) is 30.3 Å². The molecule has 0 amide bonds. The topological polar surface area (TPSA) is 52.2 Å². The number of nitrogens with one attached hydrogen (secondary N) is 1. The molecule has 1 N–H and O–H groups in total. The van der Waals surface area contributed by atoms with Gasteiger partial charge >= 0.3 is 0 Å². The first-order valence-electron chi connectivity index (χ1n) is 11.6. The lowest BCUT2D eigenvalue weighted by Crippen LogP contribution is -2.31. The van der Waals surface area contributed by atoms with Crippen molar-refractivity contribution in [2.75, 3.05) is 55.1 Å². The van der Waals surface area contributed by atoms with Gasteiger partial charge in [0.15, 0.2) is 11.5 Å². The molecule has 1 aliphatic heterocycles. The first kappa shape index (κ1) is 23.9. The summed E-state index contributed by atoms with van der Waals surface area (Å²) in [5, 5.41) is 3.68. The van der Waals surface area contributed by atoms with Crippen LogP contribution in [0.25, 0.3) is 11.1 Å². The number of ether oxygens (including phenoxy) is 4. The third-order valence-electron chi connectivity index (χ3n) is 6.22. The molecule has 0 saturated heterocycles. The van der Waals surface area contributed by atoms with E-state index < -0.39 is 0 Å². The summed E-state index contributed by atoms with van der Waals surface area (Å²) in [6.45, 7) is 2.27. The van der Waals surface area contributed by atoms with Crippen molar-refractivity contribution < 1.29 is 18.9 Å². The van der Waals surface area contributed by atoms with Crippen LogP contribution >= 0.6 is 0 Å². The molecular weight excluding hydrogens is 428 g/mol. The van der Waals surface area contributed by atoms with Gasteiger partial charge in [0.05, 0.1) is 27.4 Å². The third-order valence-corrected chi connectivity index (χ3v) is 6.22. The average Bonchev–Trinajstić information content (AvgIpc) is 2.87. The van der Waals surface area contributed by atoms with E-state index in [9.17, 15) is 0 Å². The van der Waals surface area contributed by atoms with Crippen LogP contribution in [0.3, 0.4) is 0 Å². The fraction of sp³-hybridized carbons (Fsp3) is 0.357. The van der Waals surface area contributed by atoms with E-state index in [1.807, 2.05) is 32.3 Å². The molecule has 180 valence electrons. The number of nitrogens with zero attached hydrogens (tertiary/aromatic N) is 1. The van der Waals surface area contributed by atoms with Gasteiger partial charge in [-0.2, -0.15) is 0 Å². The molecule has 0 aromatic heterocycles. The Morgan fingerprint density at radius 3 is 2.21 bits per heavy atom. The first-order valence-corrected chi connectivity index (χ1v) is 11.6. The second-order valence-corrected chi connectivity index (χ2v) is 8.65. The minimum absolute atomic E-state index is 0.0560. The number of fused-ring (bicyclic) bond motifs is 1. The van der Waals surface area contributed by atoms with E-state index in [0.717, 1.165) is 59.2 Å². The second kappa shape index (κ2) is 10.8. The number of hydrogen-bond acceptors (Lipinski definition) is 6. The molecule has 1 unspecified atom stereocenters. The Morgan fingerprint density at radius 2 is 1.53 bits per heavy atom. The highest BCUT2D eigenvalue weighted by Crippen LogP contribution is 2.43. The highest BCUT2D eigenvalue weighted by Gasteiger charge is 2.28. The van der Waals surface area contributed by atoms with Crippen molar-refractivity contribution in [3.05, 3.63) is 71.3 Å². The van der Waals surface area contributed by atoms with E-state index in [2.05, 4.69) is 46.6 Å². The smallest absolute Gasteiger partial charge is 0.161 e. The minimum Gasteiger partial charge on any atom is -0.496 e. The minimum atomic E-state index is -0.0560. The Morgan fingerprint density at radius 1 is 0.824 bits per heavy atom. The molecule has 0 spiro atoms. The monoisotopic (exact) mass is 462 g/mol. The van der Waals surface area contributed by atoms with Crippen molar-refractivity contribution in [2.45, 2.75) is 12.5 Å². The maximum Gasteiger partial charge on any atom is 0.161 e. The van der Waals surface area contributed by atoms with Crippen LogP contribution in [0.2, 0.25) is 0 Å². The Labute approximate surface area is 202 Å². The van der Waals surface area contributed by atoms with Gasteiger partial charge < -0.3 is 29.2 Å². The lowest BCUT2D eigenvalue weighted by molar-refractivity contribution is 0.250. The summed E-state index contributed by atoms with van der Waals surface area (Å²) in [7, 11) is 9.18. The van der Waals surface area contributed by atoms with Gasteiger partial charge in [0.1, 0.15) is 18.1 Å². The third kappa shape index (κ3) is 4.98. The molecule has 6 nitrogen and oxygen atoms in total. The standard InChI is InChI=1S/C28H34N2O4/c1-30(2)13-14-34-27-17-22-20(15-26(27)33-5)11-12-29-28(22)23-18-24(31-3)21(16-25(23)32-4)19-9-7-6-8-10-19/h6-10,15-18,28-29H,11-14H2,1-5H3. The van der Waals surface area contributed by atoms with Crippen LogP contribution < -0.4 is 24.3 Å². The maximum atomic E-state index is 6.12. The molecule has 1 atom stereocenters. The largest absolute Gasteiger partial charge is 0.496 e. The van der Waals surface area contributed by atoms with E-state index in [0.29, 0.717) is 6.61 Å². The molecule has 0 aliphatic carbocycles. The van der Waals surface area contributed by atoms with Gasteiger partial charge in [-0.05, 0) is 61.5 Å². The van der Waals surface area contributed by atoms with E-state index in [4.69, 9.17) is 18.9 Å². The van der Waals surface area contributed by atoms with E-state index in [-0.39, 0.29) is 6.04 Å². The van der Waals surface area contributed by atoms with Crippen molar-refractivity contribution in [1.82, 2.24) is 10.2 Å². The number of hydrogen-bond donors (Lipinski definition) is 1. The number of benzene rings is 3. The Kier molecular flexibility index (Phi) is 7.60. The van der Waals surface area contributed by atoms with Gasteiger partial charge in [0.2, 0.25) is 0 Å². The number of likely N-dealkylation sites (N-methyl/N-ethyl adjacent to an activating group) is 1. The SMILES string of the molecule is COc1cc2c(cc1OCCN(C)C)C(c1cc(OC)c(-c3ccccc3)cc1OC)NCC2. The molecule has 0 bridgehead atoms. The van der Waals surface area contributed by atoms with Gasteiger partial charge in [-0.25, -0.2) is 0 Å². The molecule has 1 heterocycles. The van der Waals surface area contributed by atoms with E-state index in [1.54, 1.807) is 21.3 Å². The van der Waals surface area contributed by atoms with Crippen molar-refractivity contribution in [2.24, 2.45) is 0 Å². The molecule has 3 aromatic rings. The summed E-state index contributed by atoms with van der Waals surface area (Å²) in [5.74, 6) is 3.15. The van der Waals surface area contributed by atoms with Crippen LogP contribution in [0.15, 0.2) is 54.6 Å². The number of rotatable bonds is 9. The predicted molar refractivity (Wildman–Crippen MR) is 136 cm³/mol. The summed E-state index contributed by atoms with van der Waals surface area (Å²) in [4.78, 5) is 2.10. The zero-order valence-electron chi connectivity index (χ0n) is 20.7. The molecule has 0 saturated carbocycles. The van der Waals surface area contributed by atoms with Gasteiger partial charge in [0.25, 0.3) is 0 Å². The van der Waals surface area contributed by atoms with Gasteiger partial charge in [-0.3, -0.25) is 0 Å². The molecular formula is C28H34N2O4. The van der Waals surface area contributed by atoms with Crippen LogP contribution in [0.4, 0.5) is 0 Å². The predicted octanol–water partition coefficient (Wildman–Crippen LogP) is 4.55. The van der Waals surface area contributed by atoms with Gasteiger partial charge in [0, 0.05) is 24.2 Å². The van der Waals surface area contributed by atoms with Crippen molar-refractivity contribution in [3.63, 3.8) is 0 Å². The van der Waals surface area contributed by atoms with Crippen LogP contribution in [-0.4, -0.2) is 60.0 Å². The Bertz CT molecular complexity index is 1120. The highest BCUT2D eigenvalue weighted by atomic mass is 16.5. The Hall–Kier alpha value is -3.22. The van der Waals surface area contributed by atoms with Crippen LogP contribution in [-0.2, 0) is 6.42 Å². The maximum absolute atomic E-state index is 6.12. The number of methoxy groups -OCH3 is 3. The summed E-state index contributed by atoms with van der Waals surface area (Å²) >= 11 is 0. The summed E-state index contributed by atoms with van der Waals surface area (Å²) < 4.78 is 23.5. The first-order chi connectivity index (χ1) is 16.5. The molecule has 34 heavy (non-hydrogen) atoms. The van der Waals surface area contributed by atoms with E-state index in [1.165, 1.54) is 11.1 Å². The summed E-state index contributed by atoms with van der Waals surface area (Å²) in [6.07, 6.45) is 0.918. The average molecular weight is 463 g/mol. The lowest BCUT2D eigenvalue weighted by atomic mass is 9.87. The van der Waals surface area contributed by atoms with Crippen molar-refractivity contribution >= 4 is 0 Å². The molecule has 6 heteroatoms. The van der Waals surface area contributed by atoms with E-state index >= 15 is 0 Å². The molecule has 3 aromatic carbocycles. The molecule has 1 aliphatic rings. The fourth-order valence-corrected chi connectivity index (χ4v) is 4.44. The zero-order valence-corrected chi connectivity index (χ0v) is 20.7. The normalized spacial score (nSPS) is 15.1. The van der Waals surface area contributed by atoms with Crippen molar-refractivity contribution in [3.8, 4) is 34.1 Å². The van der Waals surface area contributed by atoms with Crippen molar-refractivity contribution in [1.29, 1.82) is 0 Å². The van der Waals surface area contributed by atoms with Crippen LogP contribution in [0.1, 0.15) is 22.7 Å². The summed E-state index contributed by atoms with van der Waals surface area (Å²) in [5.41, 5.74) is 5.53. The second-order valence-electron chi connectivity index (χ2n) is 8.65. The Balaban J connectivity index is 1.77. The summed E-state index contributed by atoms with van der Waals surface area (Å²) in [6, 6.07) is 18.5. The molecule has 0 radical (unpaired) electrons. The van der Waals surface area contributed by atoms with Crippen LogP contribution in [0.5, 0.6) is 23.0 Å². The lowest BCUT2D eigenvalue weighted by Gasteiger charge is -2.30. The molecule has 4 rings (SSSR count). The molecule has 0 fully saturated rings. The fourth-order valence-electron chi connectivity index (χ4n) is 4.44. The van der Waals surface area contributed by atoms with Crippen LogP contribution in [0, 0.1) is 0 Å². The highest BCUT2D eigenvalue weighted by molar-refractivity contribution is 5.74. The quantitative estimate of drug-likeness (QED) is 0.503. The zero-order chi connectivity index (χ0) is 24.1.